The molecule has 0 aromatic carbocycles. The molecule has 7 fully saturated rings. The van der Waals surface area contributed by atoms with Gasteiger partial charge in [-0.05, 0) is 123 Å². The summed E-state index contributed by atoms with van der Waals surface area (Å²) in [6, 6.07) is 2.12. The number of hydrogen-bond donors (Lipinski definition) is 3. The van der Waals surface area contributed by atoms with Gasteiger partial charge in [0.1, 0.15) is 0 Å². The van der Waals surface area contributed by atoms with Gasteiger partial charge in [0, 0.05) is 18.1 Å². The minimum Gasteiger partial charge on any atom is -0.391 e. The van der Waals surface area contributed by atoms with Gasteiger partial charge in [-0.1, -0.05) is 46.0 Å². The highest BCUT2D eigenvalue weighted by molar-refractivity contribution is 4.89. The van der Waals surface area contributed by atoms with Crippen LogP contribution in [-0.4, -0.2) is 97.7 Å². The van der Waals surface area contributed by atoms with E-state index < -0.39 is 0 Å². The average molecular weight is 537 g/mol. The first-order valence-electron chi connectivity index (χ1n) is 16.5. The SMILES string of the molecule is C.C1CCC2OC2C1.C1CCNC1.CN[C@H]1CCCC[C@@H]1N1CCCC1.O[C@H]1CCCC[C@@H]1N1CCCC1. The second-order valence-corrected chi connectivity index (χ2v) is 12.6. The van der Waals surface area contributed by atoms with Crippen molar-refractivity contribution >= 4 is 0 Å². The number of rotatable bonds is 3. The molecule has 0 bridgehead atoms. The Kier molecular flexibility index (Phi) is 15.5. The number of ether oxygens (including phenoxy) is 1. The van der Waals surface area contributed by atoms with Crippen molar-refractivity contribution in [2.75, 3.05) is 46.3 Å². The zero-order valence-corrected chi connectivity index (χ0v) is 24.2. The van der Waals surface area contributed by atoms with Gasteiger partial charge in [0.05, 0.1) is 18.3 Å². The van der Waals surface area contributed by atoms with Crippen molar-refractivity contribution in [3.63, 3.8) is 0 Å². The lowest BCUT2D eigenvalue weighted by Gasteiger charge is -2.37. The molecule has 3 saturated carbocycles. The van der Waals surface area contributed by atoms with E-state index in [-0.39, 0.29) is 13.5 Å². The Morgan fingerprint density at radius 2 is 1.08 bits per heavy atom. The fraction of sp³-hybridized carbons (Fsp3) is 1.00. The molecule has 7 aliphatic rings. The smallest absolute Gasteiger partial charge is 0.0841 e. The van der Waals surface area contributed by atoms with E-state index in [1.807, 2.05) is 0 Å². The van der Waals surface area contributed by atoms with Gasteiger partial charge in [0.15, 0.2) is 0 Å². The maximum absolute atomic E-state index is 9.79. The van der Waals surface area contributed by atoms with Crippen LogP contribution in [0.25, 0.3) is 0 Å². The molecule has 0 aromatic rings. The van der Waals surface area contributed by atoms with Gasteiger partial charge >= 0.3 is 0 Å². The molecule has 4 saturated heterocycles. The zero-order chi connectivity index (χ0) is 25.7. The third kappa shape index (κ3) is 10.6. The van der Waals surface area contributed by atoms with Gasteiger partial charge < -0.3 is 20.5 Å². The minimum atomic E-state index is -0.0307. The Morgan fingerprint density at radius 1 is 0.605 bits per heavy atom. The van der Waals surface area contributed by atoms with Crippen LogP contribution in [0.1, 0.15) is 123 Å². The average Bonchev–Trinajstić information content (AvgIpc) is 3.49. The van der Waals surface area contributed by atoms with Crippen LogP contribution in [0.2, 0.25) is 0 Å². The molecule has 6 heteroatoms. The first kappa shape index (κ1) is 32.3. The first-order chi connectivity index (χ1) is 18.3. The quantitative estimate of drug-likeness (QED) is 0.424. The lowest BCUT2D eigenvalue weighted by molar-refractivity contribution is 0.0312. The summed E-state index contributed by atoms with van der Waals surface area (Å²) < 4.78 is 5.28. The van der Waals surface area contributed by atoms with Crippen molar-refractivity contribution in [2.24, 2.45) is 0 Å². The molecule has 3 N–H and O–H groups in total. The maximum atomic E-state index is 9.79. The Balaban J connectivity index is 0.000000147. The third-order valence-corrected chi connectivity index (χ3v) is 9.89. The maximum Gasteiger partial charge on any atom is 0.0841 e. The highest BCUT2D eigenvalue weighted by atomic mass is 16.6. The van der Waals surface area contributed by atoms with Crippen molar-refractivity contribution < 1.29 is 9.84 Å². The topological polar surface area (TPSA) is 63.3 Å². The summed E-state index contributed by atoms with van der Waals surface area (Å²) >= 11 is 0. The number of nitrogens with one attached hydrogen (secondary N) is 2. The number of aliphatic hydroxyl groups is 1. The van der Waals surface area contributed by atoms with Crippen LogP contribution in [0.4, 0.5) is 0 Å². The molecular formula is C32H64N4O2. The predicted molar refractivity (Wildman–Crippen MR) is 161 cm³/mol. The fourth-order valence-electron chi connectivity index (χ4n) is 7.55. The zero-order valence-electron chi connectivity index (χ0n) is 24.2. The summed E-state index contributed by atoms with van der Waals surface area (Å²) in [6.45, 7) is 7.65. The van der Waals surface area contributed by atoms with E-state index in [4.69, 9.17) is 4.74 Å². The molecule has 6 atom stereocenters. The molecule has 4 heterocycles. The van der Waals surface area contributed by atoms with E-state index >= 15 is 0 Å². The van der Waals surface area contributed by atoms with E-state index in [0.717, 1.165) is 18.5 Å². The molecule has 3 aliphatic carbocycles. The van der Waals surface area contributed by atoms with Gasteiger partial charge in [-0.2, -0.15) is 0 Å². The molecular weight excluding hydrogens is 472 g/mol. The van der Waals surface area contributed by atoms with Gasteiger partial charge in [-0.25, -0.2) is 0 Å². The van der Waals surface area contributed by atoms with Crippen LogP contribution in [0, 0.1) is 0 Å². The summed E-state index contributed by atoms with van der Waals surface area (Å²) in [6.07, 6.45) is 25.6. The van der Waals surface area contributed by atoms with Crippen LogP contribution >= 0.6 is 0 Å². The number of fused-ring (bicyclic) bond motifs is 1. The van der Waals surface area contributed by atoms with Crippen LogP contribution in [-0.2, 0) is 4.74 Å². The van der Waals surface area contributed by atoms with Gasteiger partial charge in [-0.15, -0.1) is 0 Å². The molecule has 38 heavy (non-hydrogen) atoms. The van der Waals surface area contributed by atoms with Crippen molar-refractivity contribution in [3.05, 3.63) is 0 Å². The number of likely N-dealkylation sites (tertiary alicyclic amines) is 2. The summed E-state index contributed by atoms with van der Waals surface area (Å²) in [5, 5.41) is 16.5. The third-order valence-electron chi connectivity index (χ3n) is 9.89. The molecule has 0 amide bonds. The van der Waals surface area contributed by atoms with E-state index in [9.17, 15) is 5.11 Å². The predicted octanol–water partition coefficient (Wildman–Crippen LogP) is 5.33. The molecule has 0 spiro atoms. The van der Waals surface area contributed by atoms with Crippen LogP contribution < -0.4 is 10.6 Å². The number of hydrogen-bond acceptors (Lipinski definition) is 6. The number of aliphatic hydroxyl groups excluding tert-OH is 1. The van der Waals surface area contributed by atoms with Crippen molar-refractivity contribution in [2.45, 2.75) is 159 Å². The Hall–Kier alpha value is -0.240. The molecule has 2 unspecified atom stereocenters. The molecule has 6 nitrogen and oxygen atoms in total. The number of nitrogens with zero attached hydrogens (tertiary/aromatic N) is 2. The van der Waals surface area contributed by atoms with Gasteiger partial charge in [-0.3, -0.25) is 9.80 Å². The highest BCUT2D eigenvalue weighted by Crippen LogP contribution is 2.35. The lowest BCUT2D eigenvalue weighted by atomic mass is 9.89. The molecule has 0 radical (unpaired) electrons. The van der Waals surface area contributed by atoms with Gasteiger partial charge in [0.25, 0.3) is 0 Å². The first-order valence-corrected chi connectivity index (χ1v) is 16.5. The highest BCUT2D eigenvalue weighted by Gasteiger charge is 2.39. The van der Waals surface area contributed by atoms with Crippen molar-refractivity contribution in [1.29, 1.82) is 0 Å². The van der Waals surface area contributed by atoms with E-state index in [1.54, 1.807) is 0 Å². The molecule has 0 aromatic heterocycles. The lowest BCUT2D eigenvalue weighted by Crippen LogP contribution is -2.49. The van der Waals surface area contributed by atoms with Crippen molar-refractivity contribution in [1.82, 2.24) is 20.4 Å². The fourth-order valence-corrected chi connectivity index (χ4v) is 7.55. The summed E-state index contributed by atoms with van der Waals surface area (Å²) in [7, 11) is 2.12. The Morgan fingerprint density at radius 3 is 1.55 bits per heavy atom. The molecule has 4 aliphatic heterocycles. The standard InChI is InChI=1S/C11H22N2.C10H19NO.C6H10O.C4H9N.CH4/c1-12-10-6-2-3-7-11(10)13-8-4-5-9-13;12-10-6-2-1-5-9(10)11-7-3-4-8-11;1-2-4-6-5(3-1)7-6;1-2-4-5-3-1;/h10-12H,2-9H2,1H3;9-10,12H,1-8H2;5-6H,1-4H2;5H,1-4H2;1H4/t10-,11-;9-,10-;;;/m00.../s1. The number of epoxide rings is 1. The monoisotopic (exact) mass is 537 g/mol. The van der Waals surface area contributed by atoms with E-state index in [1.165, 1.54) is 148 Å². The molecule has 224 valence electrons. The van der Waals surface area contributed by atoms with E-state index in [0.29, 0.717) is 18.2 Å². The Bertz CT molecular complexity index is 572. The Labute approximate surface area is 236 Å². The van der Waals surface area contributed by atoms with Crippen LogP contribution in [0.5, 0.6) is 0 Å². The van der Waals surface area contributed by atoms with Crippen LogP contribution in [0.3, 0.4) is 0 Å². The van der Waals surface area contributed by atoms with E-state index in [2.05, 4.69) is 27.5 Å². The summed E-state index contributed by atoms with van der Waals surface area (Å²) in [4.78, 5) is 5.20. The number of likely N-dealkylation sites (N-methyl/N-ethyl adjacent to an activating group) is 1. The normalized spacial score (nSPS) is 36.8. The summed E-state index contributed by atoms with van der Waals surface area (Å²) in [5.41, 5.74) is 0. The molecule has 7 rings (SSSR count). The van der Waals surface area contributed by atoms with Gasteiger partial charge in [0.2, 0.25) is 0 Å². The second kappa shape index (κ2) is 18.2. The minimum absolute atomic E-state index is 0. The summed E-state index contributed by atoms with van der Waals surface area (Å²) in [5.74, 6) is 0. The van der Waals surface area contributed by atoms with Crippen molar-refractivity contribution in [3.8, 4) is 0 Å². The second-order valence-electron chi connectivity index (χ2n) is 12.6. The largest absolute Gasteiger partial charge is 0.391 e. The van der Waals surface area contributed by atoms with Crippen LogP contribution in [0.15, 0.2) is 0 Å².